The standard InChI is InChI=1S/C21H22N4O2S/c1-11-8-12(2)18(13(3)9-11)24-19(26)14-4-7-16-17(10-14)28-21(23-16)25-20(27)22-15-5-6-15/h4,7-10,15H,5-6H2,1-3H3,(H,24,26)(H2,22,23,25,27). The third kappa shape index (κ3) is 3.99. The fraction of sp³-hybridized carbons (Fsp3) is 0.286. The average Bonchev–Trinajstić information content (AvgIpc) is 3.33. The summed E-state index contributed by atoms with van der Waals surface area (Å²) in [7, 11) is 0. The molecule has 2 aromatic carbocycles. The Hall–Kier alpha value is -2.93. The summed E-state index contributed by atoms with van der Waals surface area (Å²) in [5, 5.41) is 9.18. The Morgan fingerprint density at radius 1 is 1.04 bits per heavy atom. The number of aromatic nitrogens is 1. The van der Waals surface area contributed by atoms with Gasteiger partial charge in [-0.2, -0.15) is 0 Å². The van der Waals surface area contributed by atoms with Gasteiger partial charge in [-0.1, -0.05) is 29.0 Å². The van der Waals surface area contributed by atoms with E-state index in [0.29, 0.717) is 16.7 Å². The summed E-state index contributed by atoms with van der Waals surface area (Å²) in [6.07, 6.45) is 2.07. The van der Waals surface area contributed by atoms with Crippen LogP contribution in [-0.4, -0.2) is 23.0 Å². The lowest BCUT2D eigenvalue weighted by molar-refractivity contribution is 0.102. The molecule has 1 aromatic heterocycles. The lowest BCUT2D eigenvalue weighted by atomic mass is 10.0. The Kier molecular flexibility index (Phi) is 4.77. The summed E-state index contributed by atoms with van der Waals surface area (Å²) in [6, 6.07) is 9.54. The summed E-state index contributed by atoms with van der Waals surface area (Å²) in [5.41, 5.74) is 5.41. The molecule has 3 N–H and O–H groups in total. The van der Waals surface area contributed by atoms with Crippen LogP contribution < -0.4 is 16.0 Å². The predicted molar refractivity (Wildman–Crippen MR) is 113 cm³/mol. The van der Waals surface area contributed by atoms with Crippen LogP contribution in [0, 0.1) is 20.8 Å². The van der Waals surface area contributed by atoms with Crippen molar-refractivity contribution in [2.24, 2.45) is 0 Å². The van der Waals surface area contributed by atoms with Gasteiger partial charge in [0.25, 0.3) is 5.91 Å². The number of carbonyl (C=O) groups excluding carboxylic acids is 2. The molecule has 0 spiro atoms. The van der Waals surface area contributed by atoms with Crippen molar-refractivity contribution in [3.05, 3.63) is 52.6 Å². The van der Waals surface area contributed by atoms with Crippen LogP contribution in [0.3, 0.4) is 0 Å². The van der Waals surface area contributed by atoms with E-state index >= 15 is 0 Å². The molecule has 0 bridgehead atoms. The van der Waals surface area contributed by atoms with E-state index < -0.39 is 0 Å². The first-order valence-electron chi connectivity index (χ1n) is 9.26. The number of aryl methyl sites for hydroxylation is 3. The first-order chi connectivity index (χ1) is 13.4. The number of benzene rings is 2. The lowest BCUT2D eigenvalue weighted by Gasteiger charge is -2.12. The van der Waals surface area contributed by atoms with Gasteiger partial charge in [0.05, 0.1) is 10.2 Å². The lowest BCUT2D eigenvalue weighted by Crippen LogP contribution is -2.30. The second-order valence-electron chi connectivity index (χ2n) is 7.30. The quantitative estimate of drug-likeness (QED) is 0.597. The predicted octanol–water partition coefficient (Wildman–Crippen LogP) is 4.76. The minimum Gasteiger partial charge on any atom is -0.335 e. The van der Waals surface area contributed by atoms with Gasteiger partial charge in [0.15, 0.2) is 5.13 Å². The van der Waals surface area contributed by atoms with E-state index in [9.17, 15) is 9.59 Å². The molecule has 1 heterocycles. The van der Waals surface area contributed by atoms with Gasteiger partial charge in [-0.05, 0) is 62.9 Å². The van der Waals surface area contributed by atoms with Crippen LogP contribution in [0.1, 0.15) is 39.9 Å². The highest BCUT2D eigenvalue weighted by atomic mass is 32.1. The largest absolute Gasteiger partial charge is 0.335 e. The van der Waals surface area contributed by atoms with Gasteiger partial charge >= 0.3 is 6.03 Å². The van der Waals surface area contributed by atoms with Crippen LogP contribution in [0.5, 0.6) is 0 Å². The SMILES string of the molecule is Cc1cc(C)c(NC(=O)c2ccc3nc(NC(=O)NC4CC4)sc3c2)c(C)c1. The van der Waals surface area contributed by atoms with Crippen molar-refractivity contribution < 1.29 is 9.59 Å². The smallest absolute Gasteiger partial charge is 0.321 e. The van der Waals surface area contributed by atoms with Crippen LogP contribution in [0.15, 0.2) is 30.3 Å². The molecule has 3 aromatic rings. The summed E-state index contributed by atoms with van der Waals surface area (Å²) in [6.45, 7) is 6.03. The highest BCUT2D eigenvalue weighted by Gasteiger charge is 2.23. The number of urea groups is 1. The maximum absolute atomic E-state index is 12.8. The van der Waals surface area contributed by atoms with Gasteiger partial charge in [0.1, 0.15) is 0 Å². The Morgan fingerprint density at radius 3 is 2.43 bits per heavy atom. The average molecular weight is 395 g/mol. The molecule has 3 amide bonds. The normalized spacial score (nSPS) is 13.4. The molecular formula is C21H22N4O2S. The summed E-state index contributed by atoms with van der Waals surface area (Å²) in [5.74, 6) is -0.161. The number of hydrogen-bond donors (Lipinski definition) is 3. The number of nitrogens with zero attached hydrogens (tertiary/aromatic N) is 1. The van der Waals surface area contributed by atoms with Crippen LogP contribution in [-0.2, 0) is 0 Å². The molecular weight excluding hydrogens is 372 g/mol. The molecule has 0 radical (unpaired) electrons. The van der Waals surface area contributed by atoms with E-state index in [2.05, 4.69) is 33.1 Å². The second-order valence-corrected chi connectivity index (χ2v) is 8.33. The zero-order valence-electron chi connectivity index (χ0n) is 16.1. The molecule has 4 rings (SSSR count). The molecule has 0 atom stereocenters. The van der Waals surface area contributed by atoms with Gasteiger partial charge in [-0.15, -0.1) is 0 Å². The van der Waals surface area contributed by atoms with E-state index in [1.165, 1.54) is 16.9 Å². The third-order valence-electron chi connectivity index (χ3n) is 4.70. The Bertz CT molecular complexity index is 1060. The number of carbonyl (C=O) groups is 2. The minimum absolute atomic E-state index is 0.161. The number of amides is 3. The topological polar surface area (TPSA) is 83.1 Å². The molecule has 1 aliphatic carbocycles. The van der Waals surface area contributed by atoms with Crippen molar-refractivity contribution in [3.8, 4) is 0 Å². The molecule has 6 nitrogen and oxygen atoms in total. The molecule has 0 aliphatic heterocycles. The van der Waals surface area contributed by atoms with Crippen molar-refractivity contribution in [2.45, 2.75) is 39.7 Å². The van der Waals surface area contributed by atoms with Gasteiger partial charge in [0, 0.05) is 17.3 Å². The fourth-order valence-electron chi connectivity index (χ4n) is 3.23. The van der Waals surface area contributed by atoms with Crippen LogP contribution in [0.2, 0.25) is 0 Å². The zero-order chi connectivity index (χ0) is 19.8. The van der Waals surface area contributed by atoms with E-state index in [-0.39, 0.29) is 11.9 Å². The van der Waals surface area contributed by atoms with Crippen molar-refractivity contribution in [3.63, 3.8) is 0 Å². The van der Waals surface area contributed by atoms with E-state index in [1.807, 2.05) is 26.8 Å². The number of nitrogens with one attached hydrogen (secondary N) is 3. The molecule has 28 heavy (non-hydrogen) atoms. The molecule has 0 saturated heterocycles. The number of fused-ring (bicyclic) bond motifs is 1. The molecule has 7 heteroatoms. The Balaban J connectivity index is 1.52. The van der Waals surface area contributed by atoms with E-state index in [0.717, 1.165) is 39.9 Å². The van der Waals surface area contributed by atoms with Crippen LogP contribution >= 0.6 is 11.3 Å². The van der Waals surface area contributed by atoms with Crippen molar-refractivity contribution in [1.29, 1.82) is 0 Å². The molecule has 1 saturated carbocycles. The highest BCUT2D eigenvalue weighted by molar-refractivity contribution is 7.22. The van der Waals surface area contributed by atoms with Gasteiger partial charge in [-0.25, -0.2) is 9.78 Å². The second kappa shape index (κ2) is 7.24. The van der Waals surface area contributed by atoms with Gasteiger partial charge in [0.2, 0.25) is 0 Å². The monoisotopic (exact) mass is 394 g/mol. The Labute approximate surface area is 167 Å². The van der Waals surface area contributed by atoms with E-state index in [4.69, 9.17) is 0 Å². The maximum atomic E-state index is 12.8. The number of anilines is 2. The highest BCUT2D eigenvalue weighted by Crippen LogP contribution is 2.28. The summed E-state index contributed by atoms with van der Waals surface area (Å²) >= 11 is 1.36. The van der Waals surface area contributed by atoms with Crippen LogP contribution in [0.25, 0.3) is 10.2 Å². The van der Waals surface area contributed by atoms with E-state index in [1.54, 1.807) is 12.1 Å². The van der Waals surface area contributed by atoms with Crippen molar-refractivity contribution >= 4 is 44.3 Å². The number of hydrogen-bond acceptors (Lipinski definition) is 4. The molecule has 1 aliphatic rings. The van der Waals surface area contributed by atoms with Gasteiger partial charge < -0.3 is 10.6 Å². The van der Waals surface area contributed by atoms with Crippen LogP contribution in [0.4, 0.5) is 15.6 Å². The first-order valence-corrected chi connectivity index (χ1v) is 10.1. The third-order valence-corrected chi connectivity index (χ3v) is 5.63. The zero-order valence-corrected chi connectivity index (χ0v) is 16.9. The fourth-order valence-corrected chi connectivity index (χ4v) is 4.13. The summed E-state index contributed by atoms with van der Waals surface area (Å²) in [4.78, 5) is 29.1. The van der Waals surface area contributed by atoms with Crippen molar-refractivity contribution in [1.82, 2.24) is 10.3 Å². The first kappa shape index (κ1) is 18.4. The van der Waals surface area contributed by atoms with Crippen molar-refractivity contribution in [2.75, 3.05) is 10.6 Å². The maximum Gasteiger partial charge on any atom is 0.321 e. The molecule has 1 fully saturated rings. The minimum atomic E-state index is -0.232. The number of rotatable bonds is 4. The molecule has 0 unspecified atom stereocenters. The number of thiazole rings is 1. The Morgan fingerprint density at radius 2 is 1.75 bits per heavy atom. The molecule has 144 valence electrons. The van der Waals surface area contributed by atoms with Gasteiger partial charge in [-0.3, -0.25) is 10.1 Å². The summed E-state index contributed by atoms with van der Waals surface area (Å²) < 4.78 is 0.853.